The Labute approximate surface area is 147 Å². The normalized spacial score (nSPS) is 16.1. The van der Waals surface area contributed by atoms with Crippen LogP contribution < -0.4 is 14.8 Å². The number of fused-ring (bicyclic) bond motifs is 2. The van der Waals surface area contributed by atoms with Gasteiger partial charge in [0.25, 0.3) is 11.8 Å². The summed E-state index contributed by atoms with van der Waals surface area (Å²) in [7, 11) is 0. The maximum absolute atomic E-state index is 12.5. The number of rotatable bonds is 2. The van der Waals surface area contributed by atoms with Crippen LogP contribution in [0.15, 0.2) is 72.3 Å². The Morgan fingerprint density at radius 3 is 2.42 bits per heavy atom. The van der Waals surface area contributed by atoms with Gasteiger partial charge in [-0.2, -0.15) is 0 Å². The first-order valence-corrected chi connectivity index (χ1v) is 8.03. The molecule has 0 atom stereocenters. The smallest absolute Gasteiger partial charge is 0.262 e. The Morgan fingerprint density at radius 1 is 0.808 bits per heavy atom. The van der Waals surface area contributed by atoms with Crippen LogP contribution in [0.3, 0.4) is 0 Å². The third-order valence-electron chi connectivity index (χ3n) is 4.40. The van der Waals surface area contributed by atoms with Gasteiger partial charge in [-0.1, -0.05) is 30.3 Å². The number of hydrogen-bond donors (Lipinski definition) is 2. The lowest BCUT2D eigenvalue weighted by Crippen LogP contribution is -2.24. The molecule has 0 saturated carbocycles. The summed E-state index contributed by atoms with van der Waals surface area (Å²) in [5.41, 5.74) is 1.94. The second-order valence-corrected chi connectivity index (χ2v) is 5.93. The molecular weight excluding hydrogens is 332 g/mol. The molecule has 0 saturated heterocycles. The van der Waals surface area contributed by atoms with Crippen LogP contribution in [0, 0.1) is 0 Å². The second kappa shape index (κ2) is 5.35. The molecule has 2 aliphatic rings. The van der Waals surface area contributed by atoms with Gasteiger partial charge in [-0.3, -0.25) is 14.9 Å². The van der Waals surface area contributed by atoms with Crippen molar-refractivity contribution in [1.82, 2.24) is 10.3 Å². The van der Waals surface area contributed by atoms with Crippen molar-refractivity contribution in [2.24, 2.45) is 0 Å². The highest BCUT2D eigenvalue weighted by Gasteiger charge is 2.37. The van der Waals surface area contributed by atoms with E-state index < -0.39 is 11.8 Å². The monoisotopic (exact) mass is 344 g/mol. The van der Waals surface area contributed by atoms with E-state index in [2.05, 4.69) is 10.3 Å². The minimum absolute atomic E-state index is 0.161. The maximum Gasteiger partial charge on any atom is 0.262 e. The molecule has 2 amide bonds. The fourth-order valence-corrected chi connectivity index (χ4v) is 3.23. The number of imide groups is 1. The molecule has 3 aromatic rings. The van der Waals surface area contributed by atoms with E-state index in [0.717, 1.165) is 10.9 Å². The molecule has 2 aromatic carbocycles. The SMILES string of the molecule is O=C1NC(=O)C(c2c[nH]c3ccccc23)=C1C1=COc2ccccc2O1. The second-order valence-electron chi connectivity index (χ2n) is 5.93. The number of ether oxygens (including phenoxy) is 2. The summed E-state index contributed by atoms with van der Waals surface area (Å²) in [6.45, 7) is 0. The van der Waals surface area contributed by atoms with E-state index in [1.165, 1.54) is 6.26 Å². The number of aromatic amines is 1. The summed E-state index contributed by atoms with van der Waals surface area (Å²) in [5, 5.41) is 3.20. The number of aromatic nitrogens is 1. The number of benzene rings is 2. The molecule has 2 N–H and O–H groups in total. The van der Waals surface area contributed by atoms with E-state index >= 15 is 0 Å². The van der Waals surface area contributed by atoms with Crippen LogP contribution in [0.2, 0.25) is 0 Å². The molecule has 0 aliphatic carbocycles. The molecule has 126 valence electrons. The standard InChI is InChI=1S/C20H12N2O4/c23-19-17(12-9-21-13-6-2-1-5-11(12)13)18(20(24)22-19)16-10-25-14-7-3-4-8-15(14)26-16/h1-10,21H,(H,22,23,24). The molecule has 0 unspecified atom stereocenters. The first-order valence-electron chi connectivity index (χ1n) is 8.03. The fraction of sp³-hybridized carbons (Fsp3) is 0. The summed E-state index contributed by atoms with van der Waals surface area (Å²) in [6.07, 6.45) is 3.07. The molecule has 3 heterocycles. The zero-order valence-corrected chi connectivity index (χ0v) is 13.4. The first kappa shape index (κ1) is 14.5. The highest BCUT2D eigenvalue weighted by Crippen LogP contribution is 2.38. The molecule has 0 spiro atoms. The lowest BCUT2D eigenvalue weighted by molar-refractivity contribution is -0.123. The van der Waals surface area contributed by atoms with Crippen molar-refractivity contribution in [2.45, 2.75) is 0 Å². The van der Waals surface area contributed by atoms with Crippen molar-refractivity contribution in [3.05, 3.63) is 77.9 Å². The number of hydrogen-bond acceptors (Lipinski definition) is 4. The maximum atomic E-state index is 12.5. The van der Waals surface area contributed by atoms with Crippen molar-refractivity contribution < 1.29 is 19.1 Å². The third-order valence-corrected chi connectivity index (χ3v) is 4.40. The van der Waals surface area contributed by atoms with E-state index in [9.17, 15) is 9.59 Å². The topological polar surface area (TPSA) is 80.4 Å². The molecule has 26 heavy (non-hydrogen) atoms. The van der Waals surface area contributed by atoms with Crippen LogP contribution in [0.5, 0.6) is 11.5 Å². The van der Waals surface area contributed by atoms with Crippen molar-refractivity contribution >= 4 is 28.3 Å². The first-order chi connectivity index (χ1) is 12.7. The van der Waals surface area contributed by atoms with Gasteiger partial charge in [-0.05, 0) is 18.2 Å². The molecule has 0 radical (unpaired) electrons. The molecule has 6 heteroatoms. The quantitative estimate of drug-likeness (QED) is 0.701. The van der Waals surface area contributed by atoms with Crippen LogP contribution in [0.4, 0.5) is 0 Å². The fourth-order valence-electron chi connectivity index (χ4n) is 3.23. The predicted octanol–water partition coefficient (Wildman–Crippen LogP) is 2.89. The van der Waals surface area contributed by atoms with Crippen LogP contribution in [0.1, 0.15) is 5.56 Å². The van der Waals surface area contributed by atoms with E-state index in [1.54, 1.807) is 24.4 Å². The van der Waals surface area contributed by atoms with Gasteiger partial charge in [0.15, 0.2) is 17.3 Å². The summed E-state index contributed by atoms with van der Waals surface area (Å²) in [5.74, 6) is 0.271. The minimum Gasteiger partial charge on any atom is -0.457 e. The van der Waals surface area contributed by atoms with Gasteiger partial charge < -0.3 is 14.5 Å². The zero-order valence-electron chi connectivity index (χ0n) is 13.4. The van der Waals surface area contributed by atoms with E-state index in [0.29, 0.717) is 17.1 Å². The van der Waals surface area contributed by atoms with Gasteiger partial charge in [-0.15, -0.1) is 0 Å². The van der Waals surface area contributed by atoms with Gasteiger partial charge in [0.1, 0.15) is 6.26 Å². The average molecular weight is 344 g/mol. The van der Waals surface area contributed by atoms with E-state index in [1.807, 2.05) is 30.3 Å². The lowest BCUT2D eigenvalue weighted by atomic mass is 10.00. The van der Waals surface area contributed by atoms with Crippen LogP contribution in [0.25, 0.3) is 16.5 Å². The van der Waals surface area contributed by atoms with E-state index in [-0.39, 0.29) is 16.9 Å². The summed E-state index contributed by atoms with van der Waals surface area (Å²) in [6, 6.07) is 14.7. The van der Waals surface area contributed by atoms with E-state index in [4.69, 9.17) is 9.47 Å². The number of para-hydroxylation sites is 3. The minimum atomic E-state index is -0.510. The van der Waals surface area contributed by atoms with Crippen LogP contribution in [-0.4, -0.2) is 16.8 Å². The lowest BCUT2D eigenvalue weighted by Gasteiger charge is -2.18. The molecule has 0 bridgehead atoms. The molecule has 0 fully saturated rings. The van der Waals surface area contributed by atoms with Crippen molar-refractivity contribution in [3.63, 3.8) is 0 Å². The number of nitrogens with one attached hydrogen (secondary N) is 2. The van der Waals surface area contributed by atoms with Crippen molar-refractivity contribution in [3.8, 4) is 11.5 Å². The number of H-pyrrole nitrogens is 1. The third kappa shape index (κ3) is 2.05. The van der Waals surface area contributed by atoms with Gasteiger partial charge in [-0.25, -0.2) is 0 Å². The average Bonchev–Trinajstić information content (AvgIpc) is 3.21. The Bertz CT molecular complexity index is 1150. The summed E-state index contributed by atoms with van der Waals surface area (Å²) >= 11 is 0. The molecule has 1 aromatic heterocycles. The highest BCUT2D eigenvalue weighted by molar-refractivity contribution is 6.38. The molecular formula is C20H12N2O4. The molecule has 2 aliphatic heterocycles. The van der Waals surface area contributed by atoms with Gasteiger partial charge in [0.05, 0.1) is 11.1 Å². The molecule has 6 nitrogen and oxygen atoms in total. The van der Waals surface area contributed by atoms with Gasteiger partial charge in [0.2, 0.25) is 0 Å². The van der Waals surface area contributed by atoms with Crippen molar-refractivity contribution in [2.75, 3.05) is 0 Å². The van der Waals surface area contributed by atoms with Crippen LogP contribution in [-0.2, 0) is 9.59 Å². The van der Waals surface area contributed by atoms with Crippen LogP contribution >= 0.6 is 0 Å². The summed E-state index contributed by atoms with van der Waals surface area (Å²) < 4.78 is 11.4. The Hall–Kier alpha value is -3.80. The van der Waals surface area contributed by atoms with Crippen molar-refractivity contribution in [1.29, 1.82) is 0 Å². The van der Waals surface area contributed by atoms with Gasteiger partial charge in [0, 0.05) is 22.7 Å². The highest BCUT2D eigenvalue weighted by atomic mass is 16.6. The largest absolute Gasteiger partial charge is 0.457 e. The zero-order chi connectivity index (χ0) is 17.7. The predicted molar refractivity (Wildman–Crippen MR) is 94.1 cm³/mol. The Balaban J connectivity index is 1.69. The van der Waals surface area contributed by atoms with Gasteiger partial charge >= 0.3 is 0 Å². The summed E-state index contributed by atoms with van der Waals surface area (Å²) in [4.78, 5) is 28.1. The number of carbonyl (C=O) groups excluding carboxylic acids is 2. The molecule has 5 rings (SSSR count). The number of amides is 2. The Kier molecular flexibility index (Phi) is 2.99. The Morgan fingerprint density at radius 2 is 1.54 bits per heavy atom. The number of carbonyl (C=O) groups is 2.